The predicted molar refractivity (Wildman–Crippen MR) is 75.5 cm³/mol. The van der Waals surface area contributed by atoms with E-state index in [4.69, 9.17) is 5.73 Å². The fraction of sp³-hybridized carbons (Fsp3) is 0.375. The van der Waals surface area contributed by atoms with Crippen LogP contribution < -0.4 is 5.73 Å². The highest BCUT2D eigenvalue weighted by Gasteiger charge is 2.37. The van der Waals surface area contributed by atoms with E-state index in [0.29, 0.717) is 5.92 Å². The van der Waals surface area contributed by atoms with Gasteiger partial charge in [-0.05, 0) is 40.3 Å². The van der Waals surface area contributed by atoms with E-state index in [-0.39, 0.29) is 5.56 Å². The Bertz CT molecular complexity index is 602. The molecule has 0 heterocycles. The number of nitrogens with two attached hydrogens (primary N) is 1. The Kier molecular flexibility index (Phi) is 4.04. The molecule has 0 saturated heterocycles. The number of rotatable bonds is 3. The quantitative estimate of drug-likeness (QED) is 0.874. The highest BCUT2D eigenvalue weighted by Crippen LogP contribution is 2.32. The number of hydrogen-bond donors (Lipinski definition) is 1. The van der Waals surface area contributed by atoms with Crippen molar-refractivity contribution in [3.8, 4) is 0 Å². The standard InChI is InChI=1S/C16H18F3N/c1-10(2)7-11-3-4-13-9-14(6-5-12(13)8-11)15(20)16(17,18)19/h3-6,8-10,15H,7,20H2,1-2H3/t15-/m0/s1. The number of hydrogen-bond acceptors (Lipinski definition) is 1. The van der Waals surface area contributed by atoms with Gasteiger partial charge in [0, 0.05) is 0 Å². The van der Waals surface area contributed by atoms with E-state index >= 15 is 0 Å². The van der Waals surface area contributed by atoms with Crippen LogP contribution in [0.15, 0.2) is 36.4 Å². The average Bonchev–Trinajstić information content (AvgIpc) is 2.35. The maximum absolute atomic E-state index is 12.6. The van der Waals surface area contributed by atoms with Crippen molar-refractivity contribution in [3.63, 3.8) is 0 Å². The van der Waals surface area contributed by atoms with Crippen LogP contribution in [-0.2, 0) is 6.42 Å². The first-order valence-electron chi connectivity index (χ1n) is 6.62. The Morgan fingerprint density at radius 2 is 1.60 bits per heavy atom. The van der Waals surface area contributed by atoms with Crippen molar-refractivity contribution in [1.29, 1.82) is 0 Å². The van der Waals surface area contributed by atoms with Crippen molar-refractivity contribution in [2.45, 2.75) is 32.5 Å². The Labute approximate surface area is 116 Å². The van der Waals surface area contributed by atoms with E-state index in [1.165, 1.54) is 17.7 Å². The fourth-order valence-corrected chi connectivity index (χ4v) is 2.29. The molecule has 0 bridgehead atoms. The molecule has 1 atom stereocenters. The van der Waals surface area contributed by atoms with E-state index in [9.17, 15) is 13.2 Å². The second kappa shape index (κ2) is 5.44. The summed E-state index contributed by atoms with van der Waals surface area (Å²) in [6.45, 7) is 4.27. The summed E-state index contributed by atoms with van der Waals surface area (Å²) in [5, 5.41) is 1.73. The van der Waals surface area contributed by atoms with Crippen molar-refractivity contribution in [2.75, 3.05) is 0 Å². The third-order valence-corrected chi connectivity index (χ3v) is 3.28. The molecule has 0 amide bonds. The Hall–Kier alpha value is -1.55. The normalized spacial score (nSPS) is 13.9. The van der Waals surface area contributed by atoms with Gasteiger partial charge in [-0.2, -0.15) is 13.2 Å². The first kappa shape index (κ1) is 14.9. The van der Waals surface area contributed by atoms with E-state index in [1.54, 1.807) is 6.07 Å². The van der Waals surface area contributed by atoms with Gasteiger partial charge in [0.05, 0.1) is 0 Å². The predicted octanol–water partition coefficient (Wildman–Crippen LogP) is 4.60. The van der Waals surface area contributed by atoms with Crippen LogP contribution in [0.1, 0.15) is 31.0 Å². The summed E-state index contributed by atoms with van der Waals surface area (Å²) in [5.74, 6) is 0.547. The van der Waals surface area contributed by atoms with Crippen molar-refractivity contribution < 1.29 is 13.2 Å². The van der Waals surface area contributed by atoms with Gasteiger partial charge in [-0.1, -0.05) is 44.2 Å². The third kappa shape index (κ3) is 3.31. The zero-order valence-electron chi connectivity index (χ0n) is 11.5. The Morgan fingerprint density at radius 1 is 1.00 bits per heavy atom. The van der Waals surface area contributed by atoms with Crippen LogP contribution >= 0.6 is 0 Å². The lowest BCUT2D eigenvalue weighted by Crippen LogP contribution is -2.28. The minimum atomic E-state index is -4.41. The lowest BCUT2D eigenvalue weighted by Gasteiger charge is -2.16. The molecule has 0 aliphatic rings. The molecule has 0 aromatic heterocycles. The maximum atomic E-state index is 12.6. The maximum Gasteiger partial charge on any atom is 0.407 e. The molecule has 0 unspecified atom stereocenters. The first-order valence-corrected chi connectivity index (χ1v) is 6.62. The molecule has 2 aromatic rings. The fourth-order valence-electron chi connectivity index (χ4n) is 2.29. The monoisotopic (exact) mass is 281 g/mol. The van der Waals surface area contributed by atoms with Crippen LogP contribution in [-0.4, -0.2) is 6.18 Å². The number of halogens is 3. The van der Waals surface area contributed by atoms with Gasteiger partial charge in [0.2, 0.25) is 0 Å². The molecule has 1 nitrogen and oxygen atoms in total. The second-order valence-electron chi connectivity index (χ2n) is 5.56. The van der Waals surface area contributed by atoms with E-state index < -0.39 is 12.2 Å². The zero-order chi connectivity index (χ0) is 14.9. The lowest BCUT2D eigenvalue weighted by atomic mass is 9.97. The summed E-state index contributed by atoms with van der Waals surface area (Å²) < 4.78 is 37.9. The van der Waals surface area contributed by atoms with Gasteiger partial charge in [0.25, 0.3) is 0 Å². The molecule has 108 valence electrons. The lowest BCUT2D eigenvalue weighted by molar-refractivity contribution is -0.149. The molecule has 0 spiro atoms. The molecular formula is C16H18F3N. The summed E-state index contributed by atoms with van der Waals surface area (Å²) in [5.41, 5.74) is 6.53. The van der Waals surface area contributed by atoms with Gasteiger partial charge in [-0.25, -0.2) is 0 Å². The Morgan fingerprint density at radius 3 is 2.20 bits per heavy atom. The SMILES string of the molecule is CC(C)Cc1ccc2cc([C@H](N)C(F)(F)F)ccc2c1. The molecule has 2 aromatic carbocycles. The molecule has 2 N–H and O–H groups in total. The summed E-state index contributed by atoms with van der Waals surface area (Å²) in [4.78, 5) is 0. The van der Waals surface area contributed by atoms with Crippen LogP contribution in [0.25, 0.3) is 10.8 Å². The van der Waals surface area contributed by atoms with Gasteiger partial charge in [-0.3, -0.25) is 0 Å². The number of fused-ring (bicyclic) bond motifs is 1. The number of alkyl halides is 3. The topological polar surface area (TPSA) is 26.0 Å². The highest BCUT2D eigenvalue weighted by atomic mass is 19.4. The molecule has 0 aliphatic heterocycles. The molecule has 0 aliphatic carbocycles. The van der Waals surface area contributed by atoms with Crippen LogP contribution in [0.4, 0.5) is 13.2 Å². The van der Waals surface area contributed by atoms with E-state index in [1.807, 2.05) is 18.2 Å². The molecule has 0 fully saturated rings. The summed E-state index contributed by atoms with van der Waals surface area (Å²) in [6, 6.07) is 8.61. The molecule has 0 radical (unpaired) electrons. The molecular weight excluding hydrogens is 263 g/mol. The zero-order valence-corrected chi connectivity index (χ0v) is 11.5. The first-order chi connectivity index (χ1) is 9.27. The van der Waals surface area contributed by atoms with Crippen LogP contribution in [0.5, 0.6) is 0 Å². The van der Waals surface area contributed by atoms with E-state index in [2.05, 4.69) is 13.8 Å². The summed E-state index contributed by atoms with van der Waals surface area (Å²) in [7, 11) is 0. The van der Waals surface area contributed by atoms with Crippen molar-refractivity contribution >= 4 is 10.8 Å². The minimum absolute atomic E-state index is 0.0987. The van der Waals surface area contributed by atoms with E-state index in [0.717, 1.165) is 17.2 Å². The smallest absolute Gasteiger partial charge is 0.316 e. The van der Waals surface area contributed by atoms with Crippen LogP contribution in [0, 0.1) is 5.92 Å². The second-order valence-corrected chi connectivity index (χ2v) is 5.56. The number of benzene rings is 2. The largest absolute Gasteiger partial charge is 0.407 e. The van der Waals surface area contributed by atoms with Gasteiger partial charge in [0.15, 0.2) is 0 Å². The Balaban J connectivity index is 2.36. The van der Waals surface area contributed by atoms with Crippen molar-refractivity contribution in [2.24, 2.45) is 11.7 Å². The van der Waals surface area contributed by atoms with Gasteiger partial charge >= 0.3 is 6.18 Å². The summed E-state index contributed by atoms with van der Waals surface area (Å²) in [6.07, 6.45) is -3.45. The van der Waals surface area contributed by atoms with Gasteiger partial charge in [-0.15, -0.1) is 0 Å². The third-order valence-electron chi connectivity index (χ3n) is 3.28. The van der Waals surface area contributed by atoms with Crippen LogP contribution in [0.3, 0.4) is 0 Å². The van der Waals surface area contributed by atoms with Crippen molar-refractivity contribution in [1.82, 2.24) is 0 Å². The average molecular weight is 281 g/mol. The van der Waals surface area contributed by atoms with Crippen molar-refractivity contribution in [3.05, 3.63) is 47.5 Å². The summed E-state index contributed by atoms with van der Waals surface area (Å²) >= 11 is 0. The molecule has 2 rings (SSSR count). The van der Waals surface area contributed by atoms with Gasteiger partial charge < -0.3 is 5.73 Å². The van der Waals surface area contributed by atoms with Crippen LogP contribution in [0.2, 0.25) is 0 Å². The molecule has 20 heavy (non-hydrogen) atoms. The minimum Gasteiger partial charge on any atom is -0.316 e. The molecule has 0 saturated carbocycles. The molecule has 4 heteroatoms. The highest BCUT2D eigenvalue weighted by molar-refractivity contribution is 5.84. The van der Waals surface area contributed by atoms with Gasteiger partial charge in [0.1, 0.15) is 6.04 Å².